The quantitative estimate of drug-likeness (QED) is 0.723. The number of nitrogens with two attached hydrogens (primary N) is 1. The Balaban J connectivity index is 3.27. The molecular formula is C11H17NO. The standard InChI is InChI=1S/C11H17NO/c1-4-8-9(5-2)11(13-3)7-6-10(8)12/h6-7H,4-5,12H2,1-3H3. The molecule has 0 atom stereocenters. The highest BCUT2D eigenvalue weighted by molar-refractivity contribution is 5.56. The minimum Gasteiger partial charge on any atom is -0.496 e. The van der Waals surface area contributed by atoms with E-state index in [0.717, 1.165) is 24.3 Å². The molecule has 0 fully saturated rings. The lowest BCUT2D eigenvalue weighted by molar-refractivity contribution is 0.409. The molecule has 72 valence electrons. The first-order valence-electron chi connectivity index (χ1n) is 4.68. The summed E-state index contributed by atoms with van der Waals surface area (Å²) in [5.74, 6) is 0.952. The number of nitrogen functional groups attached to an aromatic ring is 1. The van der Waals surface area contributed by atoms with Crippen LogP contribution < -0.4 is 10.5 Å². The summed E-state index contributed by atoms with van der Waals surface area (Å²) in [6.45, 7) is 4.24. The Kier molecular flexibility index (Phi) is 3.18. The van der Waals surface area contributed by atoms with Crippen molar-refractivity contribution in [1.29, 1.82) is 0 Å². The number of rotatable bonds is 3. The first-order chi connectivity index (χ1) is 6.24. The van der Waals surface area contributed by atoms with Crippen molar-refractivity contribution in [2.24, 2.45) is 0 Å². The number of ether oxygens (including phenoxy) is 1. The first-order valence-corrected chi connectivity index (χ1v) is 4.68. The summed E-state index contributed by atoms with van der Waals surface area (Å²) in [5.41, 5.74) is 9.22. The van der Waals surface area contributed by atoms with Gasteiger partial charge in [-0.15, -0.1) is 0 Å². The van der Waals surface area contributed by atoms with E-state index >= 15 is 0 Å². The number of methoxy groups -OCH3 is 1. The van der Waals surface area contributed by atoms with Crippen molar-refractivity contribution in [3.05, 3.63) is 23.3 Å². The molecule has 0 aliphatic carbocycles. The lowest BCUT2D eigenvalue weighted by atomic mass is 10.00. The van der Waals surface area contributed by atoms with Crippen LogP contribution in [0.1, 0.15) is 25.0 Å². The van der Waals surface area contributed by atoms with Crippen molar-refractivity contribution in [3.63, 3.8) is 0 Å². The van der Waals surface area contributed by atoms with Gasteiger partial charge in [-0.05, 0) is 36.1 Å². The highest BCUT2D eigenvalue weighted by Crippen LogP contribution is 2.27. The van der Waals surface area contributed by atoms with Crippen molar-refractivity contribution in [2.45, 2.75) is 26.7 Å². The van der Waals surface area contributed by atoms with Crippen molar-refractivity contribution in [3.8, 4) is 5.75 Å². The molecule has 13 heavy (non-hydrogen) atoms. The minimum atomic E-state index is 0.875. The molecule has 2 nitrogen and oxygen atoms in total. The van der Waals surface area contributed by atoms with E-state index in [1.165, 1.54) is 11.1 Å². The van der Waals surface area contributed by atoms with E-state index in [1.54, 1.807) is 7.11 Å². The van der Waals surface area contributed by atoms with E-state index in [2.05, 4.69) is 13.8 Å². The summed E-state index contributed by atoms with van der Waals surface area (Å²) in [5, 5.41) is 0. The highest BCUT2D eigenvalue weighted by atomic mass is 16.5. The number of benzene rings is 1. The highest BCUT2D eigenvalue weighted by Gasteiger charge is 2.08. The summed E-state index contributed by atoms with van der Waals surface area (Å²) < 4.78 is 5.28. The van der Waals surface area contributed by atoms with Gasteiger partial charge in [-0.1, -0.05) is 13.8 Å². The monoisotopic (exact) mass is 179 g/mol. The lowest BCUT2D eigenvalue weighted by Gasteiger charge is -2.13. The van der Waals surface area contributed by atoms with Gasteiger partial charge >= 0.3 is 0 Å². The fraction of sp³-hybridized carbons (Fsp3) is 0.455. The van der Waals surface area contributed by atoms with E-state index in [9.17, 15) is 0 Å². The fourth-order valence-corrected chi connectivity index (χ4v) is 1.69. The van der Waals surface area contributed by atoms with Gasteiger partial charge in [0.05, 0.1) is 7.11 Å². The van der Waals surface area contributed by atoms with Crippen LogP contribution in [0.5, 0.6) is 5.75 Å². The van der Waals surface area contributed by atoms with Gasteiger partial charge in [-0.25, -0.2) is 0 Å². The molecule has 1 aromatic rings. The largest absolute Gasteiger partial charge is 0.496 e. The van der Waals surface area contributed by atoms with Crippen LogP contribution >= 0.6 is 0 Å². The summed E-state index contributed by atoms with van der Waals surface area (Å²) in [7, 11) is 1.70. The predicted octanol–water partition coefficient (Wildman–Crippen LogP) is 2.40. The maximum absolute atomic E-state index is 5.88. The molecule has 0 heterocycles. The van der Waals surface area contributed by atoms with Crippen molar-refractivity contribution in [2.75, 3.05) is 12.8 Å². The lowest BCUT2D eigenvalue weighted by Crippen LogP contribution is -2.01. The summed E-state index contributed by atoms with van der Waals surface area (Å²) in [6.07, 6.45) is 1.93. The maximum Gasteiger partial charge on any atom is 0.122 e. The van der Waals surface area contributed by atoms with Gasteiger partial charge in [0.1, 0.15) is 5.75 Å². The Morgan fingerprint density at radius 2 is 1.77 bits per heavy atom. The normalized spacial score (nSPS) is 10.1. The van der Waals surface area contributed by atoms with Crippen molar-refractivity contribution >= 4 is 5.69 Å². The van der Waals surface area contributed by atoms with Crippen LogP contribution in [0, 0.1) is 0 Å². The van der Waals surface area contributed by atoms with E-state index < -0.39 is 0 Å². The molecule has 1 aromatic carbocycles. The number of hydrogen-bond acceptors (Lipinski definition) is 2. The van der Waals surface area contributed by atoms with Gasteiger partial charge in [0.2, 0.25) is 0 Å². The Labute approximate surface area is 79.7 Å². The molecule has 0 radical (unpaired) electrons. The molecule has 0 unspecified atom stereocenters. The summed E-state index contributed by atoms with van der Waals surface area (Å²) in [6, 6.07) is 3.85. The second kappa shape index (κ2) is 4.17. The maximum atomic E-state index is 5.88. The second-order valence-electron chi connectivity index (χ2n) is 3.02. The minimum absolute atomic E-state index is 0.875. The fourth-order valence-electron chi connectivity index (χ4n) is 1.69. The molecule has 0 aliphatic heterocycles. The van der Waals surface area contributed by atoms with Crippen molar-refractivity contribution in [1.82, 2.24) is 0 Å². The van der Waals surface area contributed by atoms with Crippen LogP contribution in [0.25, 0.3) is 0 Å². The number of hydrogen-bond donors (Lipinski definition) is 1. The smallest absolute Gasteiger partial charge is 0.122 e. The van der Waals surface area contributed by atoms with Crippen LogP contribution in [0.3, 0.4) is 0 Å². The Hall–Kier alpha value is -1.18. The zero-order valence-electron chi connectivity index (χ0n) is 8.55. The Morgan fingerprint density at radius 1 is 1.15 bits per heavy atom. The zero-order chi connectivity index (χ0) is 9.84. The SMILES string of the molecule is CCc1c(N)ccc(OC)c1CC. The molecule has 0 aliphatic rings. The molecule has 0 saturated heterocycles. The van der Waals surface area contributed by atoms with E-state index in [4.69, 9.17) is 10.5 Å². The van der Waals surface area contributed by atoms with Crippen LogP contribution in [0.4, 0.5) is 5.69 Å². The van der Waals surface area contributed by atoms with E-state index in [1.807, 2.05) is 12.1 Å². The number of anilines is 1. The predicted molar refractivity (Wildman–Crippen MR) is 56.2 cm³/mol. The van der Waals surface area contributed by atoms with Gasteiger partial charge in [0.15, 0.2) is 0 Å². The van der Waals surface area contributed by atoms with Gasteiger partial charge < -0.3 is 10.5 Å². The van der Waals surface area contributed by atoms with Crippen molar-refractivity contribution < 1.29 is 4.74 Å². The average Bonchev–Trinajstić information content (AvgIpc) is 2.17. The van der Waals surface area contributed by atoms with E-state index in [-0.39, 0.29) is 0 Å². The molecule has 0 bridgehead atoms. The first kappa shape index (κ1) is 9.90. The Morgan fingerprint density at radius 3 is 2.23 bits per heavy atom. The zero-order valence-corrected chi connectivity index (χ0v) is 8.55. The Bertz CT molecular complexity index is 294. The van der Waals surface area contributed by atoms with Crippen LogP contribution in [-0.2, 0) is 12.8 Å². The molecular weight excluding hydrogens is 162 g/mol. The molecule has 2 heteroatoms. The summed E-state index contributed by atoms with van der Waals surface area (Å²) in [4.78, 5) is 0. The molecule has 0 spiro atoms. The molecule has 1 rings (SSSR count). The third-order valence-corrected chi connectivity index (χ3v) is 2.35. The molecule has 0 amide bonds. The summed E-state index contributed by atoms with van der Waals surface area (Å²) >= 11 is 0. The van der Waals surface area contributed by atoms with Gasteiger partial charge in [0, 0.05) is 5.69 Å². The van der Waals surface area contributed by atoms with E-state index in [0.29, 0.717) is 0 Å². The van der Waals surface area contributed by atoms with Gasteiger partial charge in [-0.2, -0.15) is 0 Å². The topological polar surface area (TPSA) is 35.2 Å². The van der Waals surface area contributed by atoms with Gasteiger partial charge in [-0.3, -0.25) is 0 Å². The molecule has 0 saturated carbocycles. The third kappa shape index (κ3) is 1.77. The van der Waals surface area contributed by atoms with Crippen LogP contribution in [-0.4, -0.2) is 7.11 Å². The average molecular weight is 179 g/mol. The third-order valence-electron chi connectivity index (χ3n) is 2.35. The molecule has 0 aromatic heterocycles. The van der Waals surface area contributed by atoms with Gasteiger partial charge in [0.25, 0.3) is 0 Å². The van der Waals surface area contributed by atoms with Crippen LogP contribution in [0.2, 0.25) is 0 Å². The molecule has 2 N–H and O–H groups in total. The van der Waals surface area contributed by atoms with Crippen LogP contribution in [0.15, 0.2) is 12.1 Å². The second-order valence-corrected chi connectivity index (χ2v) is 3.02.